The maximum absolute atomic E-state index is 11.4. The number of rotatable bonds is 3. The highest BCUT2D eigenvalue weighted by molar-refractivity contribution is 6.05. The third-order valence-electron chi connectivity index (χ3n) is 2.97. The molecule has 3 rings (SSSR count). The molecule has 0 bridgehead atoms. The van der Waals surface area contributed by atoms with E-state index in [0.717, 1.165) is 16.3 Å². The Morgan fingerprint density at radius 1 is 1.10 bits per heavy atom. The number of furan rings is 1. The Bertz CT molecular complexity index is 673. The summed E-state index contributed by atoms with van der Waals surface area (Å²) in [5.41, 5.74) is 0.972. The van der Waals surface area contributed by atoms with E-state index < -0.39 is 0 Å². The molecule has 1 aromatic carbocycles. The molecule has 100 valence electrons. The van der Waals surface area contributed by atoms with Crippen LogP contribution in [0.2, 0.25) is 0 Å². The maximum Gasteiger partial charge on any atom is 0.250 e. The van der Waals surface area contributed by atoms with E-state index in [1.165, 1.54) is 6.21 Å². The van der Waals surface area contributed by atoms with Crippen LogP contribution in [-0.2, 0) is 9.59 Å². The van der Waals surface area contributed by atoms with E-state index in [2.05, 4.69) is 5.10 Å². The number of hydrazone groups is 1. The lowest BCUT2D eigenvalue weighted by molar-refractivity contribution is -0.127. The van der Waals surface area contributed by atoms with Crippen molar-refractivity contribution in [1.82, 2.24) is 5.01 Å². The Morgan fingerprint density at radius 2 is 1.90 bits per heavy atom. The number of ketones is 1. The van der Waals surface area contributed by atoms with E-state index in [-0.39, 0.29) is 24.7 Å². The zero-order chi connectivity index (χ0) is 13.9. The zero-order valence-electron chi connectivity index (χ0n) is 10.7. The molecule has 2 aromatic rings. The molecule has 5 heteroatoms. The van der Waals surface area contributed by atoms with Crippen molar-refractivity contribution in [3.8, 4) is 11.3 Å². The molecule has 0 unspecified atom stereocenters. The van der Waals surface area contributed by atoms with Gasteiger partial charge in [0, 0.05) is 5.56 Å². The van der Waals surface area contributed by atoms with Gasteiger partial charge in [0.2, 0.25) is 0 Å². The Hall–Kier alpha value is -2.69. The molecule has 1 aromatic heterocycles. The van der Waals surface area contributed by atoms with E-state index in [1.54, 1.807) is 6.07 Å². The molecule has 1 aliphatic heterocycles. The fourth-order valence-corrected chi connectivity index (χ4v) is 1.98. The first-order valence-corrected chi connectivity index (χ1v) is 6.24. The smallest absolute Gasteiger partial charge is 0.250 e. The van der Waals surface area contributed by atoms with Gasteiger partial charge in [-0.15, -0.1) is 0 Å². The van der Waals surface area contributed by atoms with Gasteiger partial charge < -0.3 is 4.42 Å². The van der Waals surface area contributed by atoms with Crippen LogP contribution in [0, 0.1) is 0 Å². The first kappa shape index (κ1) is 12.3. The molecule has 1 saturated heterocycles. The number of amides is 1. The topological polar surface area (TPSA) is 62.9 Å². The van der Waals surface area contributed by atoms with Crippen molar-refractivity contribution in [1.29, 1.82) is 0 Å². The summed E-state index contributed by atoms with van der Waals surface area (Å²) >= 11 is 0. The maximum atomic E-state index is 11.4. The highest BCUT2D eigenvalue weighted by atomic mass is 16.3. The highest BCUT2D eigenvalue weighted by Crippen LogP contribution is 2.21. The molecule has 0 spiro atoms. The van der Waals surface area contributed by atoms with E-state index in [9.17, 15) is 9.59 Å². The van der Waals surface area contributed by atoms with Crippen LogP contribution in [0.1, 0.15) is 12.2 Å². The van der Waals surface area contributed by atoms with Gasteiger partial charge in [0.1, 0.15) is 18.1 Å². The Labute approximate surface area is 115 Å². The third-order valence-corrected chi connectivity index (χ3v) is 2.97. The summed E-state index contributed by atoms with van der Waals surface area (Å²) in [4.78, 5) is 22.5. The molecule has 0 saturated carbocycles. The van der Waals surface area contributed by atoms with Crippen molar-refractivity contribution >= 4 is 17.9 Å². The molecule has 20 heavy (non-hydrogen) atoms. The molecule has 0 radical (unpaired) electrons. The monoisotopic (exact) mass is 268 g/mol. The van der Waals surface area contributed by atoms with E-state index in [1.807, 2.05) is 36.4 Å². The number of nitrogens with zero attached hydrogens (tertiary/aromatic N) is 2. The lowest BCUT2D eigenvalue weighted by Gasteiger charge is -2.04. The van der Waals surface area contributed by atoms with Gasteiger partial charge in [0.05, 0.1) is 12.6 Å². The summed E-state index contributed by atoms with van der Waals surface area (Å²) in [6, 6.07) is 13.3. The average Bonchev–Trinajstić information content (AvgIpc) is 3.04. The summed E-state index contributed by atoms with van der Waals surface area (Å²) in [6.45, 7) is 0.0432. The van der Waals surface area contributed by atoms with Gasteiger partial charge in [-0.25, -0.2) is 5.01 Å². The molecule has 1 aliphatic rings. The number of benzene rings is 1. The van der Waals surface area contributed by atoms with E-state index in [0.29, 0.717) is 5.76 Å². The lowest BCUT2D eigenvalue weighted by Crippen LogP contribution is -2.18. The van der Waals surface area contributed by atoms with Crippen molar-refractivity contribution in [3.63, 3.8) is 0 Å². The lowest BCUT2D eigenvalue weighted by atomic mass is 10.2. The van der Waals surface area contributed by atoms with Crippen molar-refractivity contribution in [2.24, 2.45) is 5.10 Å². The molecule has 2 heterocycles. The molecule has 0 N–H and O–H groups in total. The van der Waals surface area contributed by atoms with Crippen LogP contribution in [0.5, 0.6) is 0 Å². The summed E-state index contributed by atoms with van der Waals surface area (Å²) in [5.74, 6) is 0.879. The SMILES string of the molecule is O=C1CC(=O)N(/N=C/c2ccc(-c3ccccc3)o2)C1. The van der Waals surface area contributed by atoms with Gasteiger partial charge in [0.25, 0.3) is 5.91 Å². The quantitative estimate of drug-likeness (QED) is 0.632. The number of hydrogen-bond acceptors (Lipinski definition) is 4. The molecule has 0 aliphatic carbocycles. The van der Waals surface area contributed by atoms with Gasteiger partial charge >= 0.3 is 0 Å². The summed E-state index contributed by atoms with van der Waals surface area (Å²) < 4.78 is 5.62. The van der Waals surface area contributed by atoms with Crippen molar-refractivity contribution in [2.75, 3.05) is 6.54 Å². The second kappa shape index (κ2) is 5.13. The Balaban J connectivity index is 1.75. The van der Waals surface area contributed by atoms with Gasteiger partial charge in [0.15, 0.2) is 5.78 Å². The largest absolute Gasteiger partial charge is 0.455 e. The molecular formula is C15H12N2O3. The highest BCUT2D eigenvalue weighted by Gasteiger charge is 2.26. The normalized spacial score (nSPS) is 15.5. The predicted molar refractivity (Wildman–Crippen MR) is 73.1 cm³/mol. The van der Waals surface area contributed by atoms with Crippen molar-refractivity contribution in [2.45, 2.75) is 6.42 Å². The Morgan fingerprint density at radius 3 is 2.60 bits per heavy atom. The first-order valence-electron chi connectivity index (χ1n) is 6.24. The molecule has 5 nitrogen and oxygen atoms in total. The van der Waals surface area contributed by atoms with E-state index in [4.69, 9.17) is 4.42 Å². The molecule has 0 atom stereocenters. The van der Waals surface area contributed by atoms with E-state index >= 15 is 0 Å². The second-order valence-electron chi connectivity index (χ2n) is 4.48. The van der Waals surface area contributed by atoms with Gasteiger partial charge in [-0.1, -0.05) is 30.3 Å². The van der Waals surface area contributed by atoms with Crippen LogP contribution in [0.25, 0.3) is 11.3 Å². The van der Waals surface area contributed by atoms with Crippen molar-refractivity contribution < 1.29 is 14.0 Å². The van der Waals surface area contributed by atoms with Crippen LogP contribution in [0.3, 0.4) is 0 Å². The summed E-state index contributed by atoms with van der Waals surface area (Å²) in [7, 11) is 0. The molecular weight excluding hydrogens is 256 g/mol. The fourth-order valence-electron chi connectivity index (χ4n) is 1.98. The molecule has 1 fully saturated rings. The minimum absolute atomic E-state index is 0.0432. The van der Waals surface area contributed by atoms with Crippen LogP contribution in [0.15, 0.2) is 52.0 Å². The zero-order valence-corrected chi connectivity index (χ0v) is 10.7. The van der Waals surface area contributed by atoms with Crippen LogP contribution < -0.4 is 0 Å². The minimum atomic E-state index is -0.277. The first-order chi connectivity index (χ1) is 9.72. The average molecular weight is 268 g/mol. The van der Waals surface area contributed by atoms with Crippen LogP contribution >= 0.6 is 0 Å². The number of Topliss-reactive ketones (excluding diaryl/α,β-unsaturated/α-hetero) is 1. The summed E-state index contributed by atoms with van der Waals surface area (Å²) in [5, 5.41) is 5.14. The minimum Gasteiger partial charge on any atom is -0.455 e. The number of hydrogen-bond donors (Lipinski definition) is 0. The van der Waals surface area contributed by atoms with Crippen molar-refractivity contribution in [3.05, 3.63) is 48.2 Å². The number of carbonyl (C=O) groups is 2. The standard InChI is InChI=1S/C15H12N2O3/c18-12-8-15(19)17(10-12)16-9-13-6-7-14(20-13)11-4-2-1-3-5-11/h1-7,9H,8,10H2/b16-9+. The fraction of sp³-hybridized carbons (Fsp3) is 0.133. The van der Waals surface area contributed by atoms with Gasteiger partial charge in [-0.05, 0) is 12.1 Å². The second-order valence-corrected chi connectivity index (χ2v) is 4.48. The third kappa shape index (κ3) is 2.51. The molecule has 1 amide bonds. The predicted octanol–water partition coefficient (Wildman–Crippen LogP) is 2.08. The van der Waals surface area contributed by atoms with Crippen LogP contribution in [0.4, 0.5) is 0 Å². The van der Waals surface area contributed by atoms with Crippen LogP contribution in [-0.4, -0.2) is 29.5 Å². The Kier molecular flexibility index (Phi) is 3.16. The summed E-state index contributed by atoms with van der Waals surface area (Å²) in [6.07, 6.45) is 1.38. The number of carbonyl (C=O) groups excluding carboxylic acids is 2. The van der Waals surface area contributed by atoms with Gasteiger partial charge in [-0.3, -0.25) is 9.59 Å². The van der Waals surface area contributed by atoms with Gasteiger partial charge in [-0.2, -0.15) is 5.10 Å².